The molecule has 3 aromatic heterocycles. The number of carbonyl (C=O) groups is 1. The normalized spacial score (nSPS) is 11.0. The molecule has 3 aromatic rings. The van der Waals surface area contributed by atoms with Crippen molar-refractivity contribution in [2.24, 2.45) is 0 Å². The summed E-state index contributed by atoms with van der Waals surface area (Å²) < 4.78 is 7.57. The molecule has 0 fully saturated rings. The van der Waals surface area contributed by atoms with Gasteiger partial charge in [-0.15, -0.1) is 16.4 Å². The van der Waals surface area contributed by atoms with Gasteiger partial charge in [0.2, 0.25) is 0 Å². The molecule has 0 aliphatic rings. The first-order chi connectivity index (χ1) is 10.6. The van der Waals surface area contributed by atoms with Crippen molar-refractivity contribution in [1.29, 1.82) is 0 Å². The smallest absolute Gasteiger partial charge is 0.350 e. The fourth-order valence-corrected chi connectivity index (χ4v) is 3.21. The summed E-state index contributed by atoms with van der Waals surface area (Å²) in [5, 5.41) is 4.91. The average molecular weight is 318 g/mol. The number of esters is 1. The molecule has 0 radical (unpaired) electrons. The van der Waals surface area contributed by atoms with Crippen LogP contribution in [0.15, 0.2) is 29.2 Å². The van der Waals surface area contributed by atoms with Crippen molar-refractivity contribution in [2.45, 2.75) is 19.9 Å². The van der Waals surface area contributed by atoms with Gasteiger partial charge >= 0.3 is 11.7 Å². The monoisotopic (exact) mass is 318 g/mol. The predicted molar refractivity (Wildman–Crippen MR) is 81.4 cm³/mol. The van der Waals surface area contributed by atoms with Crippen LogP contribution < -0.4 is 5.69 Å². The number of hydrogen-bond acceptors (Lipinski definition) is 6. The van der Waals surface area contributed by atoms with Crippen LogP contribution in [0.4, 0.5) is 0 Å². The summed E-state index contributed by atoms with van der Waals surface area (Å²) in [7, 11) is 1.34. The topological polar surface area (TPSA) is 78.5 Å². The van der Waals surface area contributed by atoms with Crippen molar-refractivity contribution in [3.63, 3.8) is 0 Å². The summed E-state index contributed by atoms with van der Waals surface area (Å²) >= 11 is 1.24. The van der Waals surface area contributed by atoms with Crippen LogP contribution in [0, 0.1) is 0 Å². The van der Waals surface area contributed by atoms with E-state index >= 15 is 0 Å². The summed E-state index contributed by atoms with van der Waals surface area (Å²) in [6, 6.07) is 5.35. The Bertz CT molecular complexity index is 893. The molecule has 7 nitrogen and oxygen atoms in total. The summed E-state index contributed by atoms with van der Waals surface area (Å²) in [6.07, 6.45) is 2.29. The van der Waals surface area contributed by atoms with Gasteiger partial charge < -0.3 is 4.74 Å². The van der Waals surface area contributed by atoms with Crippen LogP contribution >= 0.6 is 11.3 Å². The molecule has 114 valence electrons. The number of hydrogen-bond donors (Lipinski definition) is 0. The Labute approximate surface area is 129 Å². The van der Waals surface area contributed by atoms with E-state index in [1.165, 1.54) is 27.5 Å². The molecule has 3 rings (SSSR count). The highest BCUT2D eigenvalue weighted by Crippen LogP contribution is 2.20. The highest BCUT2D eigenvalue weighted by Gasteiger charge is 2.18. The van der Waals surface area contributed by atoms with E-state index in [-0.39, 0.29) is 12.2 Å². The van der Waals surface area contributed by atoms with Crippen LogP contribution in [-0.2, 0) is 17.7 Å². The van der Waals surface area contributed by atoms with Crippen molar-refractivity contribution in [3.8, 4) is 0 Å². The number of nitrogens with zero attached hydrogens (tertiary/aromatic N) is 4. The molecule has 0 amide bonds. The molecular formula is C14H14N4O3S. The van der Waals surface area contributed by atoms with Gasteiger partial charge in [0.25, 0.3) is 0 Å². The van der Waals surface area contributed by atoms with Crippen molar-refractivity contribution in [3.05, 3.63) is 50.5 Å². The first-order valence-electron chi connectivity index (χ1n) is 6.75. The van der Waals surface area contributed by atoms with E-state index in [0.717, 1.165) is 0 Å². The Morgan fingerprint density at radius 3 is 2.91 bits per heavy atom. The SMILES string of the molecule is CCc1nc(Cn2nc3ccccn3c2=O)sc1C(=O)OC. The minimum Gasteiger partial charge on any atom is -0.465 e. The van der Waals surface area contributed by atoms with Crippen LogP contribution in [-0.4, -0.2) is 32.2 Å². The van der Waals surface area contributed by atoms with Gasteiger partial charge in [-0.3, -0.25) is 4.40 Å². The molecule has 0 atom stereocenters. The third-order valence-electron chi connectivity index (χ3n) is 3.22. The zero-order valence-corrected chi connectivity index (χ0v) is 13.0. The van der Waals surface area contributed by atoms with Crippen LogP contribution in [0.25, 0.3) is 5.65 Å². The number of carbonyl (C=O) groups excluding carboxylic acids is 1. The van der Waals surface area contributed by atoms with E-state index in [2.05, 4.69) is 10.1 Å². The number of fused-ring (bicyclic) bond motifs is 1. The fraction of sp³-hybridized carbons (Fsp3) is 0.286. The molecule has 0 unspecified atom stereocenters. The molecule has 0 aromatic carbocycles. The third kappa shape index (κ3) is 2.41. The molecule has 0 saturated carbocycles. The Hall–Kier alpha value is -2.48. The highest BCUT2D eigenvalue weighted by molar-refractivity contribution is 7.13. The van der Waals surface area contributed by atoms with E-state index < -0.39 is 5.97 Å². The van der Waals surface area contributed by atoms with Crippen LogP contribution in [0.2, 0.25) is 0 Å². The first-order valence-corrected chi connectivity index (χ1v) is 7.56. The van der Waals surface area contributed by atoms with E-state index in [0.29, 0.717) is 27.6 Å². The average Bonchev–Trinajstić information content (AvgIpc) is 3.09. The molecule has 22 heavy (non-hydrogen) atoms. The Balaban J connectivity index is 1.98. The molecule has 0 bridgehead atoms. The number of thiazole rings is 1. The summed E-state index contributed by atoms with van der Waals surface area (Å²) in [4.78, 5) is 28.9. The van der Waals surface area contributed by atoms with Gasteiger partial charge in [0.1, 0.15) is 9.88 Å². The minimum atomic E-state index is -0.400. The second kappa shape index (κ2) is 5.72. The van der Waals surface area contributed by atoms with Gasteiger partial charge in [0.15, 0.2) is 5.65 Å². The van der Waals surface area contributed by atoms with Crippen LogP contribution in [0.3, 0.4) is 0 Å². The van der Waals surface area contributed by atoms with Crippen molar-refractivity contribution in [2.75, 3.05) is 7.11 Å². The first kappa shape index (κ1) is 14.5. The number of methoxy groups -OCH3 is 1. The zero-order valence-electron chi connectivity index (χ0n) is 12.1. The fourth-order valence-electron chi connectivity index (χ4n) is 2.16. The maximum atomic E-state index is 12.2. The second-order valence-corrected chi connectivity index (χ2v) is 5.68. The maximum Gasteiger partial charge on any atom is 0.350 e. The highest BCUT2D eigenvalue weighted by atomic mass is 32.1. The summed E-state index contributed by atoms with van der Waals surface area (Å²) in [5.41, 5.74) is 1.03. The molecule has 0 spiro atoms. The van der Waals surface area contributed by atoms with E-state index in [1.54, 1.807) is 18.3 Å². The van der Waals surface area contributed by atoms with Gasteiger partial charge in [-0.2, -0.15) is 0 Å². The Morgan fingerprint density at radius 2 is 2.23 bits per heavy atom. The van der Waals surface area contributed by atoms with Gasteiger partial charge in [-0.1, -0.05) is 13.0 Å². The Kier molecular flexibility index (Phi) is 3.76. The number of rotatable bonds is 4. The zero-order chi connectivity index (χ0) is 15.7. The largest absolute Gasteiger partial charge is 0.465 e. The number of pyridine rings is 1. The van der Waals surface area contributed by atoms with Crippen LogP contribution in [0.5, 0.6) is 0 Å². The molecule has 0 aliphatic carbocycles. The van der Waals surface area contributed by atoms with Gasteiger partial charge in [0, 0.05) is 6.20 Å². The molecule has 0 N–H and O–H groups in total. The molecule has 0 saturated heterocycles. The van der Waals surface area contributed by atoms with Gasteiger partial charge in [-0.05, 0) is 18.6 Å². The van der Waals surface area contributed by atoms with Crippen LogP contribution in [0.1, 0.15) is 27.3 Å². The van der Waals surface area contributed by atoms with Gasteiger partial charge in [0.05, 0.1) is 19.3 Å². The lowest BCUT2D eigenvalue weighted by Crippen LogP contribution is -2.21. The summed E-state index contributed by atoms with van der Waals surface area (Å²) in [6.45, 7) is 2.15. The van der Waals surface area contributed by atoms with E-state index in [9.17, 15) is 9.59 Å². The lowest BCUT2D eigenvalue weighted by atomic mass is 10.3. The molecule has 3 heterocycles. The summed E-state index contributed by atoms with van der Waals surface area (Å²) in [5.74, 6) is -0.400. The van der Waals surface area contributed by atoms with Crippen molar-refractivity contribution in [1.82, 2.24) is 19.2 Å². The molecule has 0 aliphatic heterocycles. The molecule has 8 heteroatoms. The maximum absolute atomic E-state index is 12.2. The number of aromatic nitrogens is 4. The van der Waals surface area contributed by atoms with Crippen molar-refractivity contribution < 1.29 is 9.53 Å². The molecular weight excluding hydrogens is 304 g/mol. The lowest BCUT2D eigenvalue weighted by molar-refractivity contribution is 0.0605. The standard InChI is InChI=1S/C14H14N4O3S/c1-3-9-12(13(19)21-2)22-11(15-9)8-18-14(20)17-7-5-4-6-10(17)16-18/h4-7H,3,8H2,1-2H3. The van der Waals surface area contributed by atoms with Gasteiger partial charge in [-0.25, -0.2) is 19.3 Å². The third-order valence-corrected chi connectivity index (χ3v) is 4.28. The van der Waals surface area contributed by atoms with E-state index in [1.807, 2.05) is 13.0 Å². The Morgan fingerprint density at radius 1 is 1.41 bits per heavy atom. The van der Waals surface area contributed by atoms with E-state index in [4.69, 9.17) is 4.74 Å². The quantitative estimate of drug-likeness (QED) is 0.679. The minimum absolute atomic E-state index is 0.231. The number of ether oxygens (including phenoxy) is 1. The lowest BCUT2D eigenvalue weighted by Gasteiger charge is -1.95. The number of aryl methyl sites for hydroxylation is 1. The predicted octanol–water partition coefficient (Wildman–Crippen LogP) is 1.35. The van der Waals surface area contributed by atoms with Crippen molar-refractivity contribution >= 4 is 23.0 Å². The second-order valence-electron chi connectivity index (χ2n) is 4.60.